The van der Waals surface area contributed by atoms with Crippen LogP contribution in [0.25, 0.3) is 5.52 Å². The molecule has 2 rings (SSSR count). The smallest absolute Gasteiger partial charge is 0.350 e. The van der Waals surface area contributed by atoms with E-state index in [4.69, 9.17) is 14.5 Å². The Balaban J connectivity index is 2.18. The number of ether oxygens (including phenoxy) is 1. The molecule has 0 aliphatic carbocycles. The van der Waals surface area contributed by atoms with Crippen LogP contribution in [0.15, 0.2) is 16.9 Å². The number of rotatable bonds is 5. The molecule has 20 heavy (non-hydrogen) atoms. The topological polar surface area (TPSA) is 117 Å². The Morgan fingerprint density at radius 2 is 2.20 bits per heavy atom. The van der Waals surface area contributed by atoms with Crippen molar-refractivity contribution in [1.82, 2.24) is 14.6 Å². The van der Waals surface area contributed by atoms with Gasteiger partial charge in [0.1, 0.15) is 17.7 Å². The van der Waals surface area contributed by atoms with Crippen molar-refractivity contribution < 1.29 is 19.1 Å². The van der Waals surface area contributed by atoms with Gasteiger partial charge in [0, 0.05) is 12.1 Å². The van der Waals surface area contributed by atoms with Crippen molar-refractivity contribution in [3.05, 3.63) is 34.0 Å². The lowest BCUT2D eigenvalue weighted by Gasteiger charge is -2.13. The van der Waals surface area contributed by atoms with E-state index in [1.165, 1.54) is 4.52 Å². The first kappa shape index (κ1) is 14.9. The van der Waals surface area contributed by atoms with Crippen LogP contribution in [0.4, 0.5) is 0 Å². The number of aromatic nitrogens is 3. The van der Waals surface area contributed by atoms with Crippen LogP contribution in [-0.4, -0.2) is 36.8 Å². The normalized spacial score (nSPS) is 13.8. The van der Waals surface area contributed by atoms with E-state index in [1.807, 2.05) is 0 Å². The van der Waals surface area contributed by atoms with Crippen LogP contribution in [0, 0.1) is 6.92 Å². The van der Waals surface area contributed by atoms with Crippen LogP contribution in [0.1, 0.15) is 18.4 Å². The number of H-pyrrole nitrogens is 1. The molecule has 2 aromatic heterocycles. The van der Waals surface area contributed by atoms with Crippen molar-refractivity contribution in [3.63, 3.8) is 0 Å². The van der Waals surface area contributed by atoms with Gasteiger partial charge in [0.15, 0.2) is 0 Å². The predicted molar refractivity (Wildman–Crippen MR) is 71.7 cm³/mol. The van der Waals surface area contributed by atoms with E-state index in [2.05, 4.69) is 10.1 Å². The molecular formula is C11H16N3O5P. The molecule has 1 atom stereocenters. The Morgan fingerprint density at radius 1 is 1.50 bits per heavy atom. The van der Waals surface area contributed by atoms with E-state index in [1.54, 1.807) is 26.0 Å². The van der Waals surface area contributed by atoms with Crippen LogP contribution < -0.4 is 5.56 Å². The first-order valence-electron chi connectivity index (χ1n) is 6.00. The van der Waals surface area contributed by atoms with Gasteiger partial charge in [-0.3, -0.25) is 9.36 Å². The zero-order valence-corrected chi connectivity index (χ0v) is 12.0. The van der Waals surface area contributed by atoms with Crippen molar-refractivity contribution >= 4 is 13.1 Å². The second-order valence-electron chi connectivity index (χ2n) is 4.64. The summed E-state index contributed by atoms with van der Waals surface area (Å²) in [7, 11) is -4.17. The van der Waals surface area contributed by atoms with Gasteiger partial charge in [-0.15, -0.1) is 0 Å². The maximum atomic E-state index is 11.7. The molecule has 0 spiro atoms. The average molecular weight is 301 g/mol. The Bertz CT molecular complexity index is 716. The van der Waals surface area contributed by atoms with E-state index in [0.29, 0.717) is 17.8 Å². The van der Waals surface area contributed by atoms with Crippen LogP contribution in [0.3, 0.4) is 0 Å². The molecule has 9 heteroatoms. The van der Waals surface area contributed by atoms with Crippen molar-refractivity contribution in [3.8, 4) is 0 Å². The first-order valence-corrected chi connectivity index (χ1v) is 7.80. The summed E-state index contributed by atoms with van der Waals surface area (Å²) in [6, 6.07) is 3.39. The fraction of sp³-hybridized carbons (Fsp3) is 0.455. The molecule has 8 nitrogen and oxygen atoms in total. The maximum absolute atomic E-state index is 11.7. The third-order valence-electron chi connectivity index (χ3n) is 2.73. The minimum absolute atomic E-state index is 0.229. The minimum Gasteiger partial charge on any atom is -0.365 e. The van der Waals surface area contributed by atoms with Crippen LogP contribution >= 0.6 is 7.60 Å². The number of nitrogens with zero attached hydrogens (tertiary/aromatic N) is 2. The highest BCUT2D eigenvalue weighted by Crippen LogP contribution is 2.34. The SMILES string of the molecule is Cc1nn2c(CC(C)OCP(=O)(O)O)ccc2c(=O)[nH]1. The lowest BCUT2D eigenvalue weighted by molar-refractivity contribution is 0.0877. The third kappa shape index (κ3) is 3.55. The summed E-state index contributed by atoms with van der Waals surface area (Å²) in [5.41, 5.74) is 0.938. The molecule has 110 valence electrons. The summed E-state index contributed by atoms with van der Waals surface area (Å²) in [5, 5.41) is 4.21. The van der Waals surface area contributed by atoms with E-state index < -0.39 is 20.0 Å². The Labute approximate surface area is 114 Å². The summed E-state index contributed by atoms with van der Waals surface area (Å²) in [5.74, 6) is 0.490. The largest absolute Gasteiger partial charge is 0.365 e. The molecular weight excluding hydrogens is 285 g/mol. The van der Waals surface area contributed by atoms with Gasteiger partial charge in [-0.05, 0) is 26.0 Å². The molecule has 0 fully saturated rings. The number of hydrogen-bond acceptors (Lipinski definition) is 4. The highest BCUT2D eigenvalue weighted by Gasteiger charge is 2.17. The second-order valence-corrected chi connectivity index (χ2v) is 6.22. The van der Waals surface area contributed by atoms with E-state index in [9.17, 15) is 9.36 Å². The average Bonchev–Trinajstić information content (AvgIpc) is 2.69. The first-order chi connectivity index (χ1) is 9.26. The van der Waals surface area contributed by atoms with Crippen LogP contribution in [0.5, 0.6) is 0 Å². The maximum Gasteiger partial charge on any atom is 0.350 e. The molecule has 0 aliphatic rings. The van der Waals surface area contributed by atoms with E-state index in [0.717, 1.165) is 5.69 Å². The van der Waals surface area contributed by atoms with Crippen LogP contribution in [-0.2, 0) is 15.7 Å². The molecule has 2 aromatic rings. The zero-order chi connectivity index (χ0) is 14.9. The van der Waals surface area contributed by atoms with Crippen LogP contribution in [0.2, 0.25) is 0 Å². The summed E-state index contributed by atoms with van der Waals surface area (Å²) in [4.78, 5) is 31.8. The zero-order valence-electron chi connectivity index (χ0n) is 11.1. The monoisotopic (exact) mass is 301 g/mol. The summed E-state index contributed by atoms with van der Waals surface area (Å²) >= 11 is 0. The molecule has 0 aromatic carbocycles. The summed E-state index contributed by atoms with van der Waals surface area (Å²) in [6.45, 7) is 3.38. The molecule has 0 radical (unpaired) electrons. The Hall–Kier alpha value is -1.47. The quantitative estimate of drug-likeness (QED) is 0.689. The van der Waals surface area contributed by atoms with Gasteiger partial charge in [-0.25, -0.2) is 4.52 Å². The number of hydrogen-bond donors (Lipinski definition) is 3. The fourth-order valence-electron chi connectivity index (χ4n) is 1.90. The van der Waals surface area contributed by atoms with Gasteiger partial charge in [0.05, 0.1) is 6.10 Å². The number of fused-ring (bicyclic) bond motifs is 1. The summed E-state index contributed by atoms with van der Waals surface area (Å²) in [6.07, 6.45) is -0.628. The van der Waals surface area contributed by atoms with Crippen molar-refractivity contribution in [2.45, 2.75) is 26.4 Å². The minimum atomic E-state index is -4.17. The molecule has 3 N–H and O–H groups in total. The Kier molecular flexibility index (Phi) is 4.10. The molecule has 0 aliphatic heterocycles. The van der Waals surface area contributed by atoms with Gasteiger partial charge in [-0.2, -0.15) is 5.10 Å². The standard InChI is InChI=1S/C11H16N3O5P/c1-7(19-6-20(16,17)18)5-9-3-4-10-11(15)12-8(2)13-14(9)10/h3-4,7H,5-6H2,1-2H3,(H,12,13,15)(H2,16,17,18). The van der Waals surface area contributed by atoms with E-state index >= 15 is 0 Å². The molecule has 0 amide bonds. The molecule has 0 bridgehead atoms. The third-order valence-corrected chi connectivity index (χ3v) is 3.22. The number of nitrogens with one attached hydrogen (secondary N) is 1. The highest BCUT2D eigenvalue weighted by atomic mass is 31.2. The lowest BCUT2D eigenvalue weighted by atomic mass is 10.2. The number of aryl methyl sites for hydroxylation is 1. The van der Waals surface area contributed by atoms with Gasteiger partial charge in [-0.1, -0.05) is 0 Å². The second kappa shape index (κ2) is 5.49. The molecule has 0 saturated carbocycles. The predicted octanol–water partition coefficient (Wildman–Crippen LogP) is 0.414. The molecule has 1 unspecified atom stereocenters. The van der Waals surface area contributed by atoms with Gasteiger partial charge in [0.2, 0.25) is 0 Å². The fourth-order valence-corrected chi connectivity index (χ4v) is 2.35. The Morgan fingerprint density at radius 3 is 2.85 bits per heavy atom. The van der Waals surface area contributed by atoms with Crippen molar-refractivity contribution in [1.29, 1.82) is 0 Å². The highest BCUT2D eigenvalue weighted by molar-refractivity contribution is 7.51. The van der Waals surface area contributed by atoms with Gasteiger partial charge in [0.25, 0.3) is 5.56 Å². The van der Waals surface area contributed by atoms with Crippen molar-refractivity contribution in [2.75, 3.05) is 6.35 Å². The lowest BCUT2D eigenvalue weighted by Crippen LogP contribution is -2.18. The van der Waals surface area contributed by atoms with Gasteiger partial charge >= 0.3 is 7.60 Å². The van der Waals surface area contributed by atoms with Gasteiger partial charge < -0.3 is 19.5 Å². The molecule has 0 saturated heterocycles. The van der Waals surface area contributed by atoms with E-state index in [-0.39, 0.29) is 5.56 Å². The summed E-state index contributed by atoms with van der Waals surface area (Å²) < 4.78 is 17.4. The van der Waals surface area contributed by atoms with Crippen molar-refractivity contribution in [2.24, 2.45) is 0 Å². The molecule has 2 heterocycles. The number of aromatic amines is 1.